The first-order valence-electron chi connectivity index (χ1n) is 4.65. The number of aryl methyl sites for hydroxylation is 1. The molecular weight excluding hydrogens is 177 g/mol. The Morgan fingerprint density at radius 3 is 2.57 bits per heavy atom. The summed E-state index contributed by atoms with van der Waals surface area (Å²) in [5.41, 5.74) is 2.75. The van der Waals surface area contributed by atoms with Crippen LogP contribution in [-0.4, -0.2) is 7.05 Å². The molecule has 0 bridgehead atoms. The number of hydrogen-bond donors (Lipinski definition) is 1. The fraction of sp³-hybridized carbons (Fsp3) is 0.333. The molecule has 0 saturated heterocycles. The normalized spacial score (nSPS) is 12.6. The highest BCUT2D eigenvalue weighted by Crippen LogP contribution is 2.21. The standard InChI is InChI=1S/C12H16FN/c1-8(2)12(14-4)10-5-6-11(13)9(3)7-10/h5-7,12,14H,1H2,2-4H3. The summed E-state index contributed by atoms with van der Waals surface area (Å²) in [6, 6.07) is 5.25. The zero-order valence-corrected chi connectivity index (χ0v) is 8.89. The van der Waals surface area contributed by atoms with Crippen LogP contribution < -0.4 is 5.32 Å². The van der Waals surface area contributed by atoms with Crippen LogP contribution in [0.15, 0.2) is 30.4 Å². The Morgan fingerprint density at radius 1 is 1.50 bits per heavy atom. The van der Waals surface area contributed by atoms with Crippen molar-refractivity contribution in [3.63, 3.8) is 0 Å². The van der Waals surface area contributed by atoms with E-state index in [4.69, 9.17) is 0 Å². The average Bonchev–Trinajstić information content (AvgIpc) is 2.11. The van der Waals surface area contributed by atoms with E-state index in [2.05, 4.69) is 11.9 Å². The summed E-state index contributed by atoms with van der Waals surface area (Å²) in [5, 5.41) is 3.14. The molecule has 1 aromatic rings. The van der Waals surface area contributed by atoms with E-state index in [0.717, 1.165) is 11.1 Å². The van der Waals surface area contributed by atoms with Crippen molar-refractivity contribution in [2.24, 2.45) is 0 Å². The molecule has 2 heteroatoms. The minimum atomic E-state index is -0.162. The third kappa shape index (κ3) is 2.20. The Labute approximate surface area is 84.6 Å². The number of halogens is 1. The lowest BCUT2D eigenvalue weighted by molar-refractivity contribution is 0.613. The van der Waals surface area contributed by atoms with Gasteiger partial charge < -0.3 is 5.32 Å². The second-order valence-electron chi connectivity index (χ2n) is 3.58. The van der Waals surface area contributed by atoms with Gasteiger partial charge in [-0.1, -0.05) is 24.3 Å². The molecule has 76 valence electrons. The van der Waals surface area contributed by atoms with E-state index in [0.29, 0.717) is 5.56 Å². The summed E-state index contributed by atoms with van der Waals surface area (Å²) < 4.78 is 13.0. The van der Waals surface area contributed by atoms with E-state index in [1.54, 1.807) is 13.0 Å². The van der Waals surface area contributed by atoms with Gasteiger partial charge in [0, 0.05) is 0 Å². The molecule has 0 radical (unpaired) electrons. The molecule has 0 heterocycles. The van der Waals surface area contributed by atoms with Gasteiger partial charge in [-0.25, -0.2) is 4.39 Å². The first kappa shape index (κ1) is 10.9. The van der Waals surface area contributed by atoms with E-state index in [-0.39, 0.29) is 11.9 Å². The van der Waals surface area contributed by atoms with Crippen molar-refractivity contribution in [2.45, 2.75) is 19.9 Å². The third-order valence-electron chi connectivity index (χ3n) is 2.30. The van der Waals surface area contributed by atoms with Crippen LogP contribution in [0.4, 0.5) is 4.39 Å². The lowest BCUT2D eigenvalue weighted by Crippen LogP contribution is -2.17. The highest BCUT2D eigenvalue weighted by molar-refractivity contribution is 5.30. The van der Waals surface area contributed by atoms with Crippen molar-refractivity contribution < 1.29 is 4.39 Å². The van der Waals surface area contributed by atoms with E-state index in [1.165, 1.54) is 6.07 Å². The van der Waals surface area contributed by atoms with Gasteiger partial charge in [0.25, 0.3) is 0 Å². The largest absolute Gasteiger partial charge is 0.310 e. The van der Waals surface area contributed by atoms with Crippen LogP contribution in [0.2, 0.25) is 0 Å². The highest BCUT2D eigenvalue weighted by Gasteiger charge is 2.10. The minimum Gasteiger partial charge on any atom is -0.310 e. The van der Waals surface area contributed by atoms with Crippen LogP contribution in [0, 0.1) is 12.7 Å². The molecule has 0 aliphatic rings. The number of nitrogens with one attached hydrogen (secondary N) is 1. The molecule has 1 N–H and O–H groups in total. The van der Waals surface area contributed by atoms with Gasteiger partial charge in [-0.15, -0.1) is 0 Å². The lowest BCUT2D eigenvalue weighted by atomic mass is 9.99. The van der Waals surface area contributed by atoms with Gasteiger partial charge in [-0.2, -0.15) is 0 Å². The first-order valence-corrected chi connectivity index (χ1v) is 4.65. The second kappa shape index (κ2) is 4.38. The quantitative estimate of drug-likeness (QED) is 0.728. The summed E-state index contributed by atoms with van der Waals surface area (Å²) in [4.78, 5) is 0. The van der Waals surface area contributed by atoms with E-state index in [1.807, 2.05) is 20.0 Å². The monoisotopic (exact) mass is 193 g/mol. The predicted molar refractivity (Wildman–Crippen MR) is 57.8 cm³/mol. The SMILES string of the molecule is C=C(C)C(NC)c1ccc(F)c(C)c1. The molecule has 0 aliphatic carbocycles. The summed E-state index contributed by atoms with van der Waals surface area (Å²) in [6.45, 7) is 7.62. The topological polar surface area (TPSA) is 12.0 Å². The fourth-order valence-electron chi connectivity index (χ4n) is 1.55. The Bertz CT molecular complexity index is 344. The zero-order valence-electron chi connectivity index (χ0n) is 8.89. The molecule has 0 aromatic heterocycles. The Balaban J connectivity index is 3.06. The highest BCUT2D eigenvalue weighted by atomic mass is 19.1. The van der Waals surface area contributed by atoms with E-state index >= 15 is 0 Å². The Morgan fingerprint density at radius 2 is 2.14 bits per heavy atom. The van der Waals surface area contributed by atoms with E-state index in [9.17, 15) is 4.39 Å². The fourth-order valence-corrected chi connectivity index (χ4v) is 1.55. The van der Waals surface area contributed by atoms with Gasteiger partial charge in [0.1, 0.15) is 5.82 Å². The number of benzene rings is 1. The maximum absolute atomic E-state index is 13.0. The van der Waals surface area contributed by atoms with Crippen LogP contribution in [-0.2, 0) is 0 Å². The van der Waals surface area contributed by atoms with Crippen molar-refractivity contribution in [3.8, 4) is 0 Å². The summed E-state index contributed by atoms with van der Waals surface area (Å²) in [5.74, 6) is -0.162. The van der Waals surface area contributed by atoms with Crippen molar-refractivity contribution in [2.75, 3.05) is 7.05 Å². The van der Waals surface area contributed by atoms with Crippen molar-refractivity contribution in [1.82, 2.24) is 5.32 Å². The molecule has 0 amide bonds. The zero-order chi connectivity index (χ0) is 10.7. The van der Waals surface area contributed by atoms with Gasteiger partial charge in [0.15, 0.2) is 0 Å². The van der Waals surface area contributed by atoms with Crippen LogP contribution in [0.25, 0.3) is 0 Å². The number of rotatable bonds is 3. The minimum absolute atomic E-state index is 0.106. The molecular formula is C12H16FN. The molecule has 14 heavy (non-hydrogen) atoms. The van der Waals surface area contributed by atoms with Gasteiger partial charge in [-0.3, -0.25) is 0 Å². The first-order chi connectivity index (χ1) is 6.56. The molecule has 1 unspecified atom stereocenters. The maximum atomic E-state index is 13.0. The molecule has 1 rings (SSSR count). The predicted octanol–water partition coefficient (Wildman–Crippen LogP) is 2.97. The molecule has 1 aromatic carbocycles. The van der Waals surface area contributed by atoms with Gasteiger partial charge in [0.05, 0.1) is 6.04 Å². The summed E-state index contributed by atoms with van der Waals surface area (Å²) in [6.07, 6.45) is 0. The average molecular weight is 193 g/mol. The van der Waals surface area contributed by atoms with Crippen LogP contribution >= 0.6 is 0 Å². The molecule has 0 fully saturated rings. The van der Waals surface area contributed by atoms with Crippen molar-refractivity contribution >= 4 is 0 Å². The molecule has 0 saturated carbocycles. The second-order valence-corrected chi connectivity index (χ2v) is 3.58. The Hall–Kier alpha value is -1.15. The molecule has 1 nitrogen and oxygen atoms in total. The molecule has 0 aliphatic heterocycles. The number of hydrogen-bond acceptors (Lipinski definition) is 1. The van der Waals surface area contributed by atoms with Crippen molar-refractivity contribution in [1.29, 1.82) is 0 Å². The molecule has 1 atom stereocenters. The van der Waals surface area contributed by atoms with Crippen LogP contribution in [0.1, 0.15) is 24.1 Å². The smallest absolute Gasteiger partial charge is 0.126 e. The number of likely N-dealkylation sites (N-methyl/N-ethyl adjacent to an activating group) is 1. The van der Waals surface area contributed by atoms with Crippen molar-refractivity contribution in [3.05, 3.63) is 47.3 Å². The van der Waals surface area contributed by atoms with E-state index < -0.39 is 0 Å². The van der Waals surface area contributed by atoms with Gasteiger partial charge in [0.2, 0.25) is 0 Å². The summed E-state index contributed by atoms with van der Waals surface area (Å²) in [7, 11) is 1.87. The van der Waals surface area contributed by atoms with Crippen LogP contribution in [0.5, 0.6) is 0 Å². The van der Waals surface area contributed by atoms with Gasteiger partial charge >= 0.3 is 0 Å². The third-order valence-corrected chi connectivity index (χ3v) is 2.30. The molecule has 0 spiro atoms. The summed E-state index contributed by atoms with van der Waals surface area (Å²) >= 11 is 0. The maximum Gasteiger partial charge on any atom is 0.126 e. The lowest BCUT2D eigenvalue weighted by Gasteiger charge is -2.17. The van der Waals surface area contributed by atoms with Crippen LogP contribution in [0.3, 0.4) is 0 Å². The van der Waals surface area contributed by atoms with Gasteiger partial charge in [-0.05, 0) is 38.1 Å². The Kier molecular flexibility index (Phi) is 3.42.